The van der Waals surface area contributed by atoms with Crippen molar-refractivity contribution in [1.82, 2.24) is 5.32 Å². The van der Waals surface area contributed by atoms with Gasteiger partial charge in [0.05, 0.1) is 6.04 Å². The first-order valence-corrected chi connectivity index (χ1v) is 6.55. The van der Waals surface area contributed by atoms with Crippen LogP contribution in [0.2, 0.25) is 0 Å². The van der Waals surface area contributed by atoms with E-state index in [1.807, 2.05) is 12.1 Å². The number of hydrogen-bond donors (Lipinski definition) is 2. The van der Waals surface area contributed by atoms with E-state index in [-0.39, 0.29) is 5.91 Å². The lowest BCUT2D eigenvalue weighted by Gasteiger charge is -2.06. The van der Waals surface area contributed by atoms with Gasteiger partial charge in [0, 0.05) is 11.2 Å². The highest BCUT2D eigenvalue weighted by Crippen LogP contribution is 2.25. The number of benzene rings is 1. The van der Waals surface area contributed by atoms with Crippen molar-refractivity contribution in [2.75, 3.05) is 6.54 Å². The van der Waals surface area contributed by atoms with Crippen LogP contribution in [0.3, 0.4) is 0 Å². The molecule has 0 radical (unpaired) electrons. The number of rotatable bonds is 4. The molecule has 0 unspecified atom stereocenters. The predicted molar refractivity (Wildman–Crippen MR) is 72.2 cm³/mol. The topological polar surface area (TPSA) is 55.1 Å². The van der Waals surface area contributed by atoms with Crippen LogP contribution in [0.1, 0.15) is 12.5 Å². The molecule has 2 aromatic rings. The molecule has 0 spiro atoms. The molecule has 1 atom stereocenters. The average molecular weight is 248 g/mol. The number of amides is 1. The molecule has 0 saturated heterocycles. The lowest BCUT2D eigenvalue weighted by Crippen LogP contribution is -2.39. The van der Waals surface area contributed by atoms with Gasteiger partial charge in [0.2, 0.25) is 5.91 Å². The first-order valence-electron chi connectivity index (χ1n) is 5.67. The zero-order valence-corrected chi connectivity index (χ0v) is 10.6. The molecule has 1 amide bonds. The normalized spacial score (nSPS) is 12.6. The summed E-state index contributed by atoms with van der Waals surface area (Å²) in [6.07, 6.45) is 0.850. The SMILES string of the molecule is C[C@@H](N)C(=O)NCCc1csc2ccccc12. The molecule has 3 N–H and O–H groups in total. The van der Waals surface area contributed by atoms with Gasteiger partial charge in [-0.15, -0.1) is 11.3 Å². The number of fused-ring (bicyclic) bond motifs is 1. The number of carbonyl (C=O) groups is 1. The number of nitrogens with one attached hydrogen (secondary N) is 1. The molecule has 1 aromatic carbocycles. The summed E-state index contributed by atoms with van der Waals surface area (Å²) in [6, 6.07) is 7.88. The van der Waals surface area contributed by atoms with Crippen LogP contribution in [0, 0.1) is 0 Å². The Morgan fingerprint density at radius 2 is 2.24 bits per heavy atom. The molecule has 4 heteroatoms. The van der Waals surface area contributed by atoms with Crippen molar-refractivity contribution in [3.8, 4) is 0 Å². The molecule has 1 aromatic heterocycles. The van der Waals surface area contributed by atoms with E-state index < -0.39 is 6.04 Å². The third-order valence-corrected chi connectivity index (χ3v) is 3.68. The number of nitrogens with two attached hydrogens (primary N) is 1. The molecule has 3 nitrogen and oxygen atoms in total. The summed E-state index contributed by atoms with van der Waals surface area (Å²) in [5.41, 5.74) is 6.76. The van der Waals surface area contributed by atoms with Crippen molar-refractivity contribution in [2.24, 2.45) is 5.73 Å². The van der Waals surface area contributed by atoms with Crippen LogP contribution in [-0.2, 0) is 11.2 Å². The average Bonchev–Trinajstić information content (AvgIpc) is 2.72. The Hall–Kier alpha value is -1.39. The van der Waals surface area contributed by atoms with Crippen LogP contribution >= 0.6 is 11.3 Å². The molecule has 0 fully saturated rings. The van der Waals surface area contributed by atoms with Gasteiger partial charge in [0.25, 0.3) is 0 Å². The van der Waals surface area contributed by atoms with Gasteiger partial charge in [-0.1, -0.05) is 18.2 Å². The van der Waals surface area contributed by atoms with Crippen molar-refractivity contribution >= 4 is 27.3 Å². The predicted octanol–water partition coefficient (Wildman–Crippen LogP) is 1.91. The minimum Gasteiger partial charge on any atom is -0.354 e. The number of thiophene rings is 1. The molecular formula is C13H16N2OS. The summed E-state index contributed by atoms with van der Waals surface area (Å²) in [5, 5.41) is 6.27. The van der Waals surface area contributed by atoms with Gasteiger partial charge in [-0.25, -0.2) is 0 Å². The van der Waals surface area contributed by atoms with Crippen molar-refractivity contribution in [1.29, 1.82) is 0 Å². The highest BCUT2D eigenvalue weighted by molar-refractivity contribution is 7.17. The summed E-state index contributed by atoms with van der Waals surface area (Å²) in [4.78, 5) is 11.3. The molecule has 0 aliphatic heterocycles. The first kappa shape index (κ1) is 12.1. The van der Waals surface area contributed by atoms with Gasteiger partial charge in [-0.3, -0.25) is 4.79 Å². The van der Waals surface area contributed by atoms with Crippen LogP contribution < -0.4 is 11.1 Å². The Bertz CT molecular complexity index is 519. The van der Waals surface area contributed by atoms with E-state index in [9.17, 15) is 4.79 Å². The minimum atomic E-state index is -0.436. The Kier molecular flexibility index (Phi) is 3.76. The zero-order valence-electron chi connectivity index (χ0n) is 9.77. The smallest absolute Gasteiger partial charge is 0.236 e. The largest absolute Gasteiger partial charge is 0.354 e. The maximum Gasteiger partial charge on any atom is 0.236 e. The Balaban J connectivity index is 1.98. The van der Waals surface area contributed by atoms with Gasteiger partial charge >= 0.3 is 0 Å². The first-order chi connectivity index (χ1) is 8.18. The van der Waals surface area contributed by atoms with Crippen LogP contribution in [0.15, 0.2) is 29.6 Å². The quantitative estimate of drug-likeness (QED) is 0.868. The molecule has 1 heterocycles. The van der Waals surface area contributed by atoms with E-state index in [1.54, 1.807) is 18.3 Å². The Morgan fingerprint density at radius 3 is 3.00 bits per heavy atom. The molecular weight excluding hydrogens is 232 g/mol. The highest BCUT2D eigenvalue weighted by Gasteiger charge is 2.07. The van der Waals surface area contributed by atoms with E-state index in [2.05, 4.69) is 22.8 Å². The minimum absolute atomic E-state index is 0.0930. The fraction of sp³-hybridized carbons (Fsp3) is 0.308. The molecule has 0 aliphatic carbocycles. The molecule has 0 saturated carbocycles. The molecule has 17 heavy (non-hydrogen) atoms. The second kappa shape index (κ2) is 5.29. The summed E-state index contributed by atoms with van der Waals surface area (Å²) < 4.78 is 1.29. The fourth-order valence-electron chi connectivity index (χ4n) is 1.71. The third kappa shape index (κ3) is 2.84. The maximum absolute atomic E-state index is 11.3. The lowest BCUT2D eigenvalue weighted by atomic mass is 10.1. The number of carbonyl (C=O) groups excluding carboxylic acids is 1. The van der Waals surface area contributed by atoms with E-state index in [1.165, 1.54) is 15.6 Å². The second-order valence-electron chi connectivity index (χ2n) is 4.09. The maximum atomic E-state index is 11.3. The zero-order chi connectivity index (χ0) is 12.3. The van der Waals surface area contributed by atoms with Crippen molar-refractivity contribution < 1.29 is 4.79 Å². The van der Waals surface area contributed by atoms with Crippen molar-refractivity contribution in [2.45, 2.75) is 19.4 Å². The third-order valence-electron chi connectivity index (χ3n) is 2.67. The van der Waals surface area contributed by atoms with E-state index in [4.69, 9.17) is 5.73 Å². The van der Waals surface area contributed by atoms with Crippen LogP contribution in [0.5, 0.6) is 0 Å². The fourth-order valence-corrected chi connectivity index (χ4v) is 2.71. The summed E-state index contributed by atoms with van der Waals surface area (Å²) in [6.45, 7) is 2.33. The van der Waals surface area contributed by atoms with E-state index in [0.717, 1.165) is 6.42 Å². The molecule has 90 valence electrons. The van der Waals surface area contributed by atoms with E-state index >= 15 is 0 Å². The standard InChI is InChI=1S/C13H16N2OS/c1-9(14)13(16)15-7-6-10-8-17-12-5-3-2-4-11(10)12/h2-5,8-9H,6-7,14H2,1H3,(H,15,16)/t9-/m1/s1. The molecule has 0 bridgehead atoms. The summed E-state index contributed by atoms with van der Waals surface area (Å²) in [5.74, 6) is -0.0930. The van der Waals surface area contributed by atoms with E-state index in [0.29, 0.717) is 6.54 Å². The molecule has 2 rings (SSSR count). The van der Waals surface area contributed by atoms with Crippen molar-refractivity contribution in [3.05, 3.63) is 35.2 Å². The Morgan fingerprint density at radius 1 is 1.47 bits per heavy atom. The van der Waals surface area contributed by atoms with Crippen molar-refractivity contribution in [3.63, 3.8) is 0 Å². The van der Waals surface area contributed by atoms with Crippen LogP contribution in [0.4, 0.5) is 0 Å². The second-order valence-corrected chi connectivity index (χ2v) is 5.00. The van der Waals surface area contributed by atoms with Gasteiger partial charge in [-0.2, -0.15) is 0 Å². The van der Waals surface area contributed by atoms with Gasteiger partial charge < -0.3 is 11.1 Å². The van der Waals surface area contributed by atoms with Gasteiger partial charge in [-0.05, 0) is 35.7 Å². The van der Waals surface area contributed by atoms with Gasteiger partial charge in [0.1, 0.15) is 0 Å². The van der Waals surface area contributed by atoms with Gasteiger partial charge in [0.15, 0.2) is 0 Å². The summed E-state index contributed by atoms with van der Waals surface area (Å²) >= 11 is 1.74. The van der Waals surface area contributed by atoms with Crippen LogP contribution in [0.25, 0.3) is 10.1 Å². The lowest BCUT2D eigenvalue weighted by molar-refractivity contribution is -0.121. The Labute approximate surface area is 105 Å². The van der Waals surface area contributed by atoms with Crippen LogP contribution in [-0.4, -0.2) is 18.5 Å². The monoisotopic (exact) mass is 248 g/mol. The summed E-state index contributed by atoms with van der Waals surface area (Å²) in [7, 11) is 0. The number of hydrogen-bond acceptors (Lipinski definition) is 3. The molecule has 0 aliphatic rings. The highest BCUT2D eigenvalue weighted by atomic mass is 32.1.